The highest BCUT2D eigenvalue weighted by Crippen LogP contribution is 2.17. The number of carbonyl (C=O) groups is 3. The average Bonchev–Trinajstić information content (AvgIpc) is 3.16. The van der Waals surface area contributed by atoms with Crippen LogP contribution in [0.3, 0.4) is 0 Å². The Hall–Kier alpha value is -2.61. The van der Waals surface area contributed by atoms with Crippen molar-refractivity contribution in [2.24, 2.45) is 17.8 Å². The Bertz CT molecular complexity index is 769. The Morgan fingerprint density at radius 1 is 1.15 bits per heavy atom. The van der Waals surface area contributed by atoms with E-state index in [2.05, 4.69) is 16.0 Å². The molecule has 2 rings (SSSR count). The van der Waals surface area contributed by atoms with Gasteiger partial charge in [0.1, 0.15) is 12.1 Å². The van der Waals surface area contributed by atoms with Gasteiger partial charge in [0.05, 0.1) is 12.6 Å². The topological polar surface area (TPSA) is 117 Å². The van der Waals surface area contributed by atoms with Crippen molar-refractivity contribution in [1.29, 1.82) is 0 Å². The molecule has 4 N–H and O–H groups in total. The van der Waals surface area contributed by atoms with Crippen molar-refractivity contribution in [2.45, 2.75) is 71.6 Å². The van der Waals surface area contributed by atoms with Gasteiger partial charge in [-0.3, -0.25) is 9.59 Å². The van der Waals surface area contributed by atoms with Gasteiger partial charge in [0, 0.05) is 18.9 Å². The zero-order chi connectivity index (χ0) is 24.4. The van der Waals surface area contributed by atoms with Gasteiger partial charge in [0.15, 0.2) is 0 Å². The van der Waals surface area contributed by atoms with E-state index < -0.39 is 18.2 Å². The molecule has 1 saturated heterocycles. The van der Waals surface area contributed by atoms with Crippen LogP contribution < -0.4 is 16.0 Å². The van der Waals surface area contributed by atoms with Crippen LogP contribution in [0.4, 0.5) is 4.79 Å². The van der Waals surface area contributed by atoms with E-state index in [9.17, 15) is 19.5 Å². The average molecular weight is 462 g/mol. The molecule has 8 heteroatoms. The summed E-state index contributed by atoms with van der Waals surface area (Å²) < 4.78 is 5.70. The van der Waals surface area contributed by atoms with Crippen molar-refractivity contribution in [3.05, 3.63) is 35.9 Å². The van der Waals surface area contributed by atoms with Gasteiger partial charge in [-0.15, -0.1) is 0 Å². The van der Waals surface area contributed by atoms with Crippen molar-refractivity contribution in [3.8, 4) is 0 Å². The third-order valence-corrected chi connectivity index (χ3v) is 5.90. The summed E-state index contributed by atoms with van der Waals surface area (Å²) in [6, 6.07) is 8.46. The highest BCUT2D eigenvalue weighted by Gasteiger charge is 2.30. The molecular formula is C25H39N3O5. The van der Waals surface area contributed by atoms with Crippen LogP contribution in [0.5, 0.6) is 0 Å². The first kappa shape index (κ1) is 26.6. The smallest absolute Gasteiger partial charge is 0.408 e. The minimum atomic E-state index is -0.798. The van der Waals surface area contributed by atoms with Crippen molar-refractivity contribution >= 4 is 17.9 Å². The lowest BCUT2D eigenvalue weighted by Gasteiger charge is -2.26. The first-order chi connectivity index (χ1) is 15.7. The molecule has 1 aliphatic heterocycles. The van der Waals surface area contributed by atoms with Crippen molar-refractivity contribution in [3.63, 3.8) is 0 Å². The van der Waals surface area contributed by atoms with Gasteiger partial charge in [0.2, 0.25) is 11.8 Å². The first-order valence-electron chi connectivity index (χ1n) is 11.9. The molecule has 1 aromatic carbocycles. The largest absolute Gasteiger partial charge is 0.446 e. The molecule has 0 spiro atoms. The molecular weight excluding hydrogens is 422 g/mol. The molecule has 1 unspecified atom stereocenters. The third kappa shape index (κ3) is 9.04. The van der Waals surface area contributed by atoms with E-state index in [1.165, 1.54) is 0 Å². The minimum absolute atomic E-state index is 0.0544. The van der Waals surface area contributed by atoms with Crippen molar-refractivity contribution in [1.82, 2.24) is 16.0 Å². The molecule has 0 bridgehead atoms. The summed E-state index contributed by atoms with van der Waals surface area (Å²) in [5.41, 5.74) is 1.07. The Labute approximate surface area is 196 Å². The molecule has 4 atom stereocenters. The second kappa shape index (κ2) is 13.2. The number of hydrogen-bond acceptors (Lipinski definition) is 5. The zero-order valence-corrected chi connectivity index (χ0v) is 20.2. The summed E-state index contributed by atoms with van der Waals surface area (Å²) >= 11 is 0. The number of alkyl carbamates (subject to hydrolysis) is 1. The van der Waals surface area contributed by atoms with Crippen molar-refractivity contribution < 1.29 is 24.2 Å². The van der Waals surface area contributed by atoms with E-state index in [4.69, 9.17) is 4.74 Å². The highest BCUT2D eigenvalue weighted by atomic mass is 16.6. The van der Waals surface area contributed by atoms with Crippen LogP contribution in [-0.4, -0.2) is 54.4 Å². The van der Waals surface area contributed by atoms with Gasteiger partial charge in [-0.2, -0.15) is 0 Å². The fourth-order valence-corrected chi connectivity index (χ4v) is 3.97. The highest BCUT2D eigenvalue weighted by molar-refractivity contribution is 5.86. The minimum Gasteiger partial charge on any atom is -0.446 e. The Morgan fingerprint density at radius 3 is 2.39 bits per heavy atom. The van der Waals surface area contributed by atoms with Gasteiger partial charge >= 0.3 is 6.09 Å². The van der Waals surface area contributed by atoms with Gasteiger partial charge in [-0.25, -0.2) is 4.79 Å². The van der Waals surface area contributed by atoms with Crippen LogP contribution in [-0.2, 0) is 20.7 Å². The Morgan fingerprint density at radius 2 is 1.85 bits per heavy atom. The number of nitrogens with one attached hydrogen (secondary N) is 3. The number of ether oxygens (including phenoxy) is 1. The Balaban J connectivity index is 1.98. The molecule has 1 aromatic rings. The summed E-state index contributed by atoms with van der Waals surface area (Å²) in [5, 5.41) is 18.0. The summed E-state index contributed by atoms with van der Waals surface area (Å²) in [4.78, 5) is 37.5. The van der Waals surface area contributed by atoms with E-state index in [1.54, 1.807) is 0 Å². The molecule has 0 radical (unpaired) electrons. The van der Waals surface area contributed by atoms with Gasteiger partial charge < -0.3 is 25.8 Å². The quantitative estimate of drug-likeness (QED) is 0.381. The fourth-order valence-electron chi connectivity index (χ4n) is 3.97. The lowest BCUT2D eigenvalue weighted by molar-refractivity contribution is -0.126. The normalized spacial score (nSPS) is 18.5. The molecule has 1 fully saturated rings. The van der Waals surface area contributed by atoms with E-state index in [0.29, 0.717) is 32.2 Å². The lowest BCUT2D eigenvalue weighted by Crippen LogP contribution is -2.52. The summed E-state index contributed by atoms with van der Waals surface area (Å²) in [6.07, 6.45) is 1.09. The number of carbonyl (C=O) groups excluding carboxylic acids is 3. The number of benzene rings is 1. The van der Waals surface area contributed by atoms with Gasteiger partial charge in [-0.05, 0) is 36.7 Å². The molecule has 0 aliphatic carbocycles. The molecule has 1 aliphatic rings. The summed E-state index contributed by atoms with van der Waals surface area (Å²) in [6.45, 7) is 8.24. The van der Waals surface area contributed by atoms with Crippen LogP contribution in [0.15, 0.2) is 30.3 Å². The van der Waals surface area contributed by atoms with E-state index in [0.717, 1.165) is 5.56 Å². The second-order valence-corrected chi connectivity index (χ2v) is 9.60. The number of rotatable bonds is 12. The molecule has 0 aromatic heterocycles. The molecule has 184 valence electrons. The van der Waals surface area contributed by atoms with Crippen LogP contribution >= 0.6 is 0 Å². The monoisotopic (exact) mass is 461 g/mol. The SMILES string of the molecule is CC(C)C[C@H](NC(=O)OC(Cc1ccccc1)C(C)C)C(=O)N[C@H](CO)C[C@@H]1CCNC1=O. The molecule has 0 saturated carbocycles. The Kier molecular flexibility index (Phi) is 10.6. The molecule has 8 nitrogen and oxygen atoms in total. The summed E-state index contributed by atoms with van der Waals surface area (Å²) in [5.74, 6) is -0.415. The zero-order valence-electron chi connectivity index (χ0n) is 20.2. The lowest BCUT2D eigenvalue weighted by atomic mass is 9.97. The number of aliphatic hydroxyl groups is 1. The second-order valence-electron chi connectivity index (χ2n) is 9.60. The van der Waals surface area contributed by atoms with E-state index >= 15 is 0 Å². The number of hydrogen-bond donors (Lipinski definition) is 4. The predicted octanol–water partition coefficient (Wildman–Crippen LogP) is 2.40. The van der Waals surface area contributed by atoms with E-state index in [-0.39, 0.29) is 42.3 Å². The molecule has 1 heterocycles. The number of aliphatic hydroxyl groups excluding tert-OH is 1. The standard InChI is InChI=1S/C25H39N3O5/c1-16(2)12-21(24(31)27-20(15-29)14-19-10-11-26-23(19)30)28-25(32)33-22(17(3)4)13-18-8-6-5-7-9-18/h5-9,16-17,19-22,29H,10-15H2,1-4H3,(H,26,30)(H,27,31)(H,28,32)/t19-,20-,21-,22?/m0/s1. The summed E-state index contributed by atoms with van der Waals surface area (Å²) in [7, 11) is 0. The van der Waals surface area contributed by atoms with Crippen LogP contribution in [0, 0.1) is 17.8 Å². The maximum absolute atomic E-state index is 13.0. The fraction of sp³-hybridized carbons (Fsp3) is 0.640. The third-order valence-electron chi connectivity index (χ3n) is 5.90. The van der Waals surface area contributed by atoms with E-state index in [1.807, 2.05) is 58.0 Å². The number of amides is 3. The molecule has 33 heavy (non-hydrogen) atoms. The van der Waals surface area contributed by atoms with Gasteiger partial charge in [0.25, 0.3) is 0 Å². The van der Waals surface area contributed by atoms with Crippen molar-refractivity contribution in [2.75, 3.05) is 13.2 Å². The van der Waals surface area contributed by atoms with Crippen LogP contribution in [0.25, 0.3) is 0 Å². The predicted molar refractivity (Wildman–Crippen MR) is 126 cm³/mol. The first-order valence-corrected chi connectivity index (χ1v) is 11.9. The van der Waals surface area contributed by atoms with Crippen LogP contribution in [0.2, 0.25) is 0 Å². The maximum atomic E-state index is 13.0. The van der Waals surface area contributed by atoms with Gasteiger partial charge in [-0.1, -0.05) is 58.0 Å². The van der Waals surface area contributed by atoms with Crippen LogP contribution in [0.1, 0.15) is 52.5 Å². The maximum Gasteiger partial charge on any atom is 0.408 e. The molecule has 3 amide bonds.